The molecule has 0 unspecified atom stereocenters. The SMILES string of the molecule is CN(C)Cc1cc(C(=O)N2CCN([C@H]3C[C@@](CC#N)(n4cc(-c5ncnc6[nH]ccc56)cn4)C3)CC2)nc(C(F)(F)F)c1. The lowest BCUT2D eigenvalue weighted by molar-refractivity contribution is -0.141. The Morgan fingerprint density at radius 3 is 2.65 bits per heavy atom. The van der Waals surface area contributed by atoms with Gasteiger partial charge in [0.1, 0.15) is 23.4 Å². The van der Waals surface area contributed by atoms with Crippen LogP contribution in [0.25, 0.3) is 22.3 Å². The van der Waals surface area contributed by atoms with Crippen molar-refractivity contribution in [1.29, 1.82) is 5.26 Å². The maximum absolute atomic E-state index is 13.5. The zero-order chi connectivity index (χ0) is 30.4. The van der Waals surface area contributed by atoms with Crippen molar-refractivity contribution in [2.45, 2.75) is 43.6 Å². The van der Waals surface area contributed by atoms with Crippen molar-refractivity contribution in [2.75, 3.05) is 40.3 Å². The number of carbonyl (C=O) groups is 1. The predicted molar refractivity (Wildman–Crippen MR) is 150 cm³/mol. The molecule has 1 saturated heterocycles. The van der Waals surface area contributed by atoms with Crippen molar-refractivity contribution in [3.63, 3.8) is 0 Å². The quantitative estimate of drug-likeness (QED) is 0.346. The van der Waals surface area contributed by atoms with Crippen molar-refractivity contribution < 1.29 is 18.0 Å². The topological polar surface area (TPSA) is 123 Å². The van der Waals surface area contributed by atoms with Crippen LogP contribution in [0.4, 0.5) is 13.2 Å². The first-order valence-corrected chi connectivity index (χ1v) is 14.0. The summed E-state index contributed by atoms with van der Waals surface area (Å²) in [5, 5.41) is 15.2. The molecule has 4 aromatic heterocycles. The van der Waals surface area contributed by atoms with Crippen molar-refractivity contribution in [2.24, 2.45) is 0 Å². The monoisotopic (exact) mass is 592 g/mol. The van der Waals surface area contributed by atoms with Crippen LogP contribution in [0.5, 0.6) is 0 Å². The van der Waals surface area contributed by atoms with E-state index < -0.39 is 23.3 Å². The van der Waals surface area contributed by atoms with E-state index in [0.717, 1.165) is 41.2 Å². The number of nitrogens with one attached hydrogen (secondary N) is 1. The standard InChI is InChI=1S/C29H31F3N10O/c1-39(2)16-19-11-23(38-24(12-19)29(30,31)32)27(43)41-9-7-40(8-10-41)21-13-28(14-21,4-5-33)42-17-20(15-37-42)25-22-3-6-34-26(22)36-18-35-25/h3,6,11-12,15,17-18,21H,4,7-10,13-14,16H2,1-2H3,(H,34,35,36)/t21-,28+. The number of carbonyl (C=O) groups excluding carboxylic acids is 1. The van der Waals surface area contributed by atoms with E-state index >= 15 is 0 Å². The van der Waals surface area contributed by atoms with E-state index in [9.17, 15) is 23.2 Å². The second-order valence-corrected chi connectivity index (χ2v) is 11.6. The van der Waals surface area contributed by atoms with Crippen LogP contribution in [0.3, 0.4) is 0 Å². The molecule has 1 aliphatic heterocycles. The summed E-state index contributed by atoms with van der Waals surface area (Å²) < 4.78 is 42.4. The van der Waals surface area contributed by atoms with Gasteiger partial charge in [0.15, 0.2) is 0 Å². The highest BCUT2D eigenvalue weighted by atomic mass is 19.4. The Hall–Kier alpha value is -4.35. The number of hydrogen-bond donors (Lipinski definition) is 1. The van der Waals surface area contributed by atoms with Gasteiger partial charge in [-0.3, -0.25) is 14.4 Å². The summed E-state index contributed by atoms with van der Waals surface area (Å²) in [4.78, 5) is 34.3. The fraction of sp³-hybridized carbons (Fsp3) is 0.448. The number of nitriles is 1. The third kappa shape index (κ3) is 5.57. The molecule has 224 valence electrons. The molecule has 6 rings (SSSR count). The number of H-pyrrole nitrogens is 1. The number of hydrogen-bond acceptors (Lipinski definition) is 8. The second-order valence-electron chi connectivity index (χ2n) is 11.6. The zero-order valence-electron chi connectivity index (χ0n) is 23.8. The van der Waals surface area contributed by atoms with E-state index in [1.165, 1.54) is 12.4 Å². The normalized spacial score (nSPS) is 21.2. The molecule has 0 bridgehead atoms. The average Bonchev–Trinajstić information content (AvgIpc) is 3.64. The zero-order valence-corrected chi connectivity index (χ0v) is 23.8. The molecule has 1 saturated carbocycles. The van der Waals surface area contributed by atoms with E-state index in [2.05, 4.69) is 36.0 Å². The van der Waals surface area contributed by atoms with Crippen LogP contribution in [-0.2, 0) is 18.3 Å². The number of piperazine rings is 1. The largest absolute Gasteiger partial charge is 0.433 e. The lowest BCUT2D eigenvalue weighted by Gasteiger charge is -2.52. The Kier molecular flexibility index (Phi) is 7.39. The smallest absolute Gasteiger partial charge is 0.346 e. The van der Waals surface area contributed by atoms with Crippen LogP contribution in [-0.4, -0.2) is 96.6 Å². The second kappa shape index (κ2) is 11.1. The van der Waals surface area contributed by atoms with Gasteiger partial charge in [-0.1, -0.05) is 0 Å². The molecule has 2 fully saturated rings. The molecule has 0 aromatic carbocycles. The number of rotatable bonds is 7. The summed E-state index contributed by atoms with van der Waals surface area (Å²) in [6.45, 7) is 2.19. The summed E-state index contributed by atoms with van der Waals surface area (Å²) in [6.07, 6.45) is 4.13. The van der Waals surface area contributed by atoms with Crippen molar-refractivity contribution in [1.82, 2.24) is 44.4 Å². The predicted octanol–water partition coefficient (Wildman–Crippen LogP) is 3.53. The molecule has 1 amide bonds. The van der Waals surface area contributed by atoms with E-state index in [4.69, 9.17) is 0 Å². The summed E-state index contributed by atoms with van der Waals surface area (Å²) in [5.74, 6) is -0.497. The minimum absolute atomic E-state index is 0.188. The van der Waals surface area contributed by atoms with Crippen molar-refractivity contribution >= 4 is 16.9 Å². The molecule has 43 heavy (non-hydrogen) atoms. The maximum atomic E-state index is 13.5. The molecule has 0 spiro atoms. The maximum Gasteiger partial charge on any atom is 0.433 e. The summed E-state index contributed by atoms with van der Waals surface area (Å²) in [5.41, 5.74) is 1.05. The molecule has 2 aliphatic rings. The Morgan fingerprint density at radius 1 is 1.19 bits per heavy atom. The molecule has 0 radical (unpaired) electrons. The van der Waals surface area contributed by atoms with E-state index in [0.29, 0.717) is 38.2 Å². The number of nitrogens with zero attached hydrogens (tertiary/aromatic N) is 9. The van der Waals surface area contributed by atoms with Gasteiger partial charge in [0, 0.05) is 62.1 Å². The van der Waals surface area contributed by atoms with Crippen LogP contribution in [0.15, 0.2) is 43.1 Å². The molecule has 11 nitrogen and oxygen atoms in total. The first kappa shape index (κ1) is 28.8. The molecule has 1 aliphatic carbocycles. The minimum atomic E-state index is -4.64. The third-order valence-corrected chi connectivity index (χ3v) is 8.35. The lowest BCUT2D eigenvalue weighted by atomic mass is 9.70. The highest BCUT2D eigenvalue weighted by molar-refractivity contribution is 5.92. The number of pyridine rings is 1. The van der Waals surface area contributed by atoms with Gasteiger partial charge in [-0.25, -0.2) is 15.0 Å². The van der Waals surface area contributed by atoms with Gasteiger partial charge in [0.05, 0.1) is 29.9 Å². The summed E-state index contributed by atoms with van der Waals surface area (Å²) >= 11 is 0. The number of aromatic amines is 1. The molecular weight excluding hydrogens is 561 g/mol. The van der Waals surface area contributed by atoms with Crippen LogP contribution in [0.1, 0.15) is 41.0 Å². The Balaban J connectivity index is 1.12. The first-order valence-electron chi connectivity index (χ1n) is 14.0. The highest BCUT2D eigenvalue weighted by Crippen LogP contribution is 2.45. The van der Waals surface area contributed by atoms with Gasteiger partial charge in [-0.15, -0.1) is 0 Å². The Labute approximate surface area is 245 Å². The van der Waals surface area contributed by atoms with E-state index in [1.807, 2.05) is 23.1 Å². The Morgan fingerprint density at radius 2 is 1.95 bits per heavy atom. The van der Waals surface area contributed by atoms with Crippen LogP contribution in [0.2, 0.25) is 0 Å². The van der Waals surface area contributed by atoms with Crippen LogP contribution < -0.4 is 0 Å². The fourth-order valence-corrected chi connectivity index (χ4v) is 6.19. The molecule has 14 heteroatoms. The van der Waals surface area contributed by atoms with E-state index in [-0.39, 0.29) is 18.3 Å². The van der Waals surface area contributed by atoms with Crippen LogP contribution in [0, 0.1) is 11.3 Å². The van der Waals surface area contributed by atoms with Gasteiger partial charge < -0.3 is 14.8 Å². The average molecular weight is 593 g/mol. The number of amides is 1. The number of fused-ring (bicyclic) bond motifs is 1. The van der Waals surface area contributed by atoms with Gasteiger partial charge in [-0.05, 0) is 50.7 Å². The van der Waals surface area contributed by atoms with Crippen molar-refractivity contribution in [3.05, 3.63) is 60.1 Å². The fourth-order valence-electron chi connectivity index (χ4n) is 6.19. The third-order valence-electron chi connectivity index (χ3n) is 8.35. The molecule has 1 N–H and O–H groups in total. The molecular formula is C29H31F3N10O. The number of aromatic nitrogens is 6. The van der Waals surface area contributed by atoms with Crippen LogP contribution >= 0.6 is 0 Å². The van der Waals surface area contributed by atoms with Crippen molar-refractivity contribution in [3.8, 4) is 17.3 Å². The highest BCUT2D eigenvalue weighted by Gasteiger charge is 2.49. The number of alkyl halides is 3. The summed E-state index contributed by atoms with van der Waals surface area (Å²) in [6, 6.07) is 6.89. The lowest BCUT2D eigenvalue weighted by Crippen LogP contribution is -2.60. The van der Waals surface area contributed by atoms with Gasteiger partial charge in [-0.2, -0.15) is 23.5 Å². The first-order chi connectivity index (χ1) is 20.6. The van der Waals surface area contributed by atoms with Gasteiger partial charge >= 0.3 is 6.18 Å². The molecule has 0 atom stereocenters. The Bertz CT molecular complexity index is 1670. The van der Waals surface area contributed by atoms with Gasteiger partial charge in [0.25, 0.3) is 5.91 Å². The number of halogens is 3. The molecule has 5 heterocycles. The van der Waals surface area contributed by atoms with Gasteiger partial charge in [0.2, 0.25) is 0 Å². The summed E-state index contributed by atoms with van der Waals surface area (Å²) in [7, 11) is 3.51. The molecule has 4 aromatic rings. The minimum Gasteiger partial charge on any atom is -0.346 e. The van der Waals surface area contributed by atoms with E-state index in [1.54, 1.807) is 30.1 Å².